The quantitative estimate of drug-likeness (QED) is 0.302. The van der Waals surface area contributed by atoms with Crippen molar-refractivity contribution < 1.29 is 33.7 Å². The van der Waals surface area contributed by atoms with Crippen molar-refractivity contribution in [3.63, 3.8) is 0 Å². The molecule has 0 spiro atoms. The van der Waals surface area contributed by atoms with Crippen LogP contribution in [-0.4, -0.2) is 39.5 Å². The first kappa shape index (κ1) is 24.1. The lowest BCUT2D eigenvalue weighted by atomic mass is 10.1. The van der Waals surface area contributed by atoms with E-state index in [1.165, 1.54) is 31.4 Å². The zero-order chi connectivity index (χ0) is 24.0. The summed E-state index contributed by atoms with van der Waals surface area (Å²) < 4.78 is 16.5. The first-order valence-electron chi connectivity index (χ1n) is 9.58. The van der Waals surface area contributed by atoms with Gasteiger partial charge in [-0.15, -0.1) is 10.2 Å². The summed E-state index contributed by atoms with van der Waals surface area (Å²) in [6, 6.07) is 9.42. The Bertz CT molecular complexity index is 1210. The van der Waals surface area contributed by atoms with Gasteiger partial charge in [0.25, 0.3) is 5.22 Å². The normalized spacial score (nSPS) is 11.3. The molecule has 0 saturated heterocycles. The van der Waals surface area contributed by atoms with Gasteiger partial charge >= 0.3 is 11.9 Å². The Morgan fingerprint density at radius 1 is 1.21 bits per heavy atom. The van der Waals surface area contributed by atoms with E-state index in [9.17, 15) is 14.7 Å². The number of nitrogens with zero attached hydrogens (tertiary/aromatic N) is 2. The van der Waals surface area contributed by atoms with Gasteiger partial charge in [-0.1, -0.05) is 30.7 Å². The molecule has 3 aromatic rings. The standard InChI is InChI=1S/C22H19ClN2O7S/c1-3-18-24-25-22(32-18)33-17(21(28)29)10-13-8-15(23)19(16(9-13)30-2)31-11-12-5-4-6-14(7-12)20(26)27/h4-10H,3,11H2,1-2H3,(H,26,27)(H,28,29)/b17-10-. The maximum atomic E-state index is 11.7. The smallest absolute Gasteiger partial charge is 0.342 e. The Morgan fingerprint density at radius 2 is 2.00 bits per heavy atom. The first-order chi connectivity index (χ1) is 15.8. The summed E-state index contributed by atoms with van der Waals surface area (Å²) in [7, 11) is 1.43. The van der Waals surface area contributed by atoms with Crippen molar-refractivity contribution in [2.24, 2.45) is 0 Å². The highest BCUT2D eigenvalue weighted by molar-refractivity contribution is 8.03. The van der Waals surface area contributed by atoms with Crippen LogP contribution in [0.3, 0.4) is 0 Å². The molecule has 9 nitrogen and oxygen atoms in total. The molecule has 3 rings (SSSR count). The molecule has 0 atom stereocenters. The number of ether oxygens (including phenoxy) is 2. The van der Waals surface area contributed by atoms with Gasteiger partial charge in [0.05, 0.1) is 17.7 Å². The highest BCUT2D eigenvalue weighted by atomic mass is 35.5. The van der Waals surface area contributed by atoms with Crippen LogP contribution in [0, 0.1) is 0 Å². The molecule has 0 fully saturated rings. The molecule has 0 saturated carbocycles. The number of halogens is 1. The number of carbonyl (C=O) groups is 2. The number of hydrogen-bond donors (Lipinski definition) is 2. The maximum Gasteiger partial charge on any atom is 0.342 e. The van der Waals surface area contributed by atoms with Gasteiger partial charge in [-0.3, -0.25) is 0 Å². The third-order valence-corrected chi connectivity index (χ3v) is 5.40. The van der Waals surface area contributed by atoms with Crippen molar-refractivity contribution in [3.05, 3.63) is 68.9 Å². The van der Waals surface area contributed by atoms with Gasteiger partial charge < -0.3 is 24.1 Å². The van der Waals surface area contributed by atoms with E-state index in [0.717, 1.165) is 11.8 Å². The number of aromatic nitrogens is 2. The van der Waals surface area contributed by atoms with Gasteiger partial charge in [-0.25, -0.2) is 9.59 Å². The monoisotopic (exact) mass is 490 g/mol. The van der Waals surface area contributed by atoms with Crippen molar-refractivity contribution in [1.29, 1.82) is 0 Å². The molecular formula is C22H19ClN2O7S. The fourth-order valence-electron chi connectivity index (χ4n) is 2.72. The van der Waals surface area contributed by atoms with Crippen molar-refractivity contribution in [3.8, 4) is 11.5 Å². The molecule has 0 aliphatic carbocycles. The number of thioether (sulfide) groups is 1. The second-order valence-electron chi connectivity index (χ2n) is 6.56. The molecule has 1 heterocycles. The van der Waals surface area contributed by atoms with Crippen LogP contribution < -0.4 is 9.47 Å². The number of hydrogen-bond acceptors (Lipinski definition) is 8. The first-order valence-corrected chi connectivity index (χ1v) is 10.8. The zero-order valence-corrected chi connectivity index (χ0v) is 19.1. The maximum absolute atomic E-state index is 11.7. The largest absolute Gasteiger partial charge is 0.493 e. The second-order valence-corrected chi connectivity index (χ2v) is 7.96. The van der Waals surface area contributed by atoms with Crippen LogP contribution in [0.1, 0.15) is 34.3 Å². The number of methoxy groups -OCH3 is 1. The van der Waals surface area contributed by atoms with Gasteiger partial charge in [-0.2, -0.15) is 0 Å². The molecule has 0 aliphatic rings. The number of aryl methyl sites for hydroxylation is 1. The fourth-order valence-corrected chi connectivity index (χ4v) is 3.68. The van der Waals surface area contributed by atoms with Gasteiger partial charge in [0, 0.05) is 6.42 Å². The SMILES string of the molecule is CCc1nnc(S/C(=C\c2cc(Cl)c(OCc3cccc(C(=O)O)c3)c(OC)c2)C(=O)O)o1. The minimum Gasteiger partial charge on any atom is -0.493 e. The Kier molecular flexibility index (Phi) is 7.96. The van der Waals surface area contributed by atoms with E-state index >= 15 is 0 Å². The molecule has 0 unspecified atom stereocenters. The van der Waals surface area contributed by atoms with E-state index in [2.05, 4.69) is 10.2 Å². The molecule has 0 aliphatic heterocycles. The zero-order valence-electron chi connectivity index (χ0n) is 17.6. The molecule has 0 bridgehead atoms. The molecule has 0 radical (unpaired) electrons. The lowest BCUT2D eigenvalue weighted by Crippen LogP contribution is -2.02. The molecular weight excluding hydrogens is 472 g/mol. The van der Waals surface area contributed by atoms with Crippen LogP contribution in [0.2, 0.25) is 5.02 Å². The third-order valence-electron chi connectivity index (χ3n) is 4.27. The Hall–Kier alpha value is -3.50. The number of rotatable bonds is 10. The summed E-state index contributed by atoms with van der Waals surface area (Å²) in [6.45, 7) is 1.90. The number of benzene rings is 2. The predicted octanol–water partition coefficient (Wildman–Crippen LogP) is 4.79. The van der Waals surface area contributed by atoms with E-state index in [0.29, 0.717) is 23.4 Å². The minimum atomic E-state index is -1.18. The lowest BCUT2D eigenvalue weighted by molar-refractivity contribution is -0.131. The highest BCUT2D eigenvalue weighted by Crippen LogP contribution is 2.38. The molecule has 1 aromatic heterocycles. The van der Waals surface area contributed by atoms with Crippen LogP contribution >= 0.6 is 23.4 Å². The van der Waals surface area contributed by atoms with Crippen LogP contribution in [0.5, 0.6) is 11.5 Å². The number of aromatic carboxylic acids is 1. The van der Waals surface area contributed by atoms with E-state index < -0.39 is 11.9 Å². The van der Waals surface area contributed by atoms with Crippen molar-refractivity contribution in [2.45, 2.75) is 25.2 Å². The van der Waals surface area contributed by atoms with Crippen LogP contribution in [-0.2, 0) is 17.8 Å². The average molecular weight is 491 g/mol. The second kappa shape index (κ2) is 10.9. The average Bonchev–Trinajstić information content (AvgIpc) is 3.25. The summed E-state index contributed by atoms with van der Waals surface area (Å²) >= 11 is 7.20. The predicted molar refractivity (Wildman–Crippen MR) is 121 cm³/mol. The summed E-state index contributed by atoms with van der Waals surface area (Å²) in [4.78, 5) is 22.8. The van der Waals surface area contributed by atoms with E-state index in [1.54, 1.807) is 18.2 Å². The number of carboxylic acids is 2. The van der Waals surface area contributed by atoms with E-state index in [-0.39, 0.29) is 38.8 Å². The van der Waals surface area contributed by atoms with E-state index in [4.69, 9.17) is 30.6 Å². The molecule has 2 aromatic carbocycles. The van der Waals surface area contributed by atoms with Gasteiger partial charge in [-0.05, 0) is 53.2 Å². The van der Waals surface area contributed by atoms with Crippen LogP contribution in [0.25, 0.3) is 6.08 Å². The van der Waals surface area contributed by atoms with Crippen molar-refractivity contribution >= 4 is 41.4 Å². The Morgan fingerprint density at radius 3 is 2.64 bits per heavy atom. The molecule has 2 N–H and O–H groups in total. The highest BCUT2D eigenvalue weighted by Gasteiger charge is 2.17. The fraction of sp³-hybridized carbons (Fsp3) is 0.182. The summed E-state index contributed by atoms with van der Waals surface area (Å²) in [6.07, 6.45) is 1.94. The third kappa shape index (κ3) is 6.27. The summed E-state index contributed by atoms with van der Waals surface area (Å²) in [5, 5.41) is 26.6. The number of carboxylic acid groups (broad SMARTS) is 2. The minimum absolute atomic E-state index is 0.0551. The summed E-state index contributed by atoms with van der Waals surface area (Å²) in [5.41, 5.74) is 1.23. The van der Waals surface area contributed by atoms with Gasteiger partial charge in [0.1, 0.15) is 11.5 Å². The van der Waals surface area contributed by atoms with Gasteiger partial charge in [0.2, 0.25) is 5.89 Å². The summed E-state index contributed by atoms with van der Waals surface area (Å²) in [5.74, 6) is -1.29. The van der Waals surface area contributed by atoms with Crippen LogP contribution in [0.4, 0.5) is 0 Å². The lowest BCUT2D eigenvalue weighted by Gasteiger charge is -2.14. The van der Waals surface area contributed by atoms with Crippen molar-refractivity contribution in [2.75, 3.05) is 7.11 Å². The van der Waals surface area contributed by atoms with Crippen molar-refractivity contribution in [1.82, 2.24) is 10.2 Å². The van der Waals surface area contributed by atoms with E-state index in [1.807, 2.05) is 6.92 Å². The Balaban J connectivity index is 1.84. The van der Waals surface area contributed by atoms with Crippen LogP contribution in [0.15, 0.2) is 50.9 Å². The molecule has 33 heavy (non-hydrogen) atoms. The molecule has 0 amide bonds. The molecule has 11 heteroatoms. The Labute approximate surface area is 198 Å². The number of aliphatic carboxylic acids is 1. The topological polar surface area (TPSA) is 132 Å². The molecule has 172 valence electrons. The van der Waals surface area contributed by atoms with Gasteiger partial charge in [0.15, 0.2) is 11.5 Å².